The van der Waals surface area contributed by atoms with Crippen molar-refractivity contribution in [3.8, 4) is 0 Å². The lowest BCUT2D eigenvalue weighted by molar-refractivity contribution is 0.947. The number of anilines is 1. The summed E-state index contributed by atoms with van der Waals surface area (Å²) in [4.78, 5) is 5.78. The Morgan fingerprint density at radius 3 is 2.52 bits per heavy atom. The van der Waals surface area contributed by atoms with Crippen LogP contribution in [0.15, 0.2) is 65.7 Å². The molecule has 0 radical (unpaired) electrons. The van der Waals surface area contributed by atoms with Crippen LogP contribution >= 0.6 is 23.1 Å². The average molecular weight is 371 g/mol. The largest absolute Gasteiger partial charge is 0.325 e. The summed E-state index contributed by atoms with van der Waals surface area (Å²) in [6, 6.07) is 19.6. The van der Waals surface area contributed by atoms with Crippen molar-refractivity contribution in [3.63, 3.8) is 0 Å². The number of halogens is 1. The molecule has 0 aliphatic rings. The van der Waals surface area contributed by atoms with Gasteiger partial charge in [-0.15, -0.1) is 0 Å². The Balaban J connectivity index is 1.83. The second-order valence-corrected chi connectivity index (χ2v) is 7.23. The van der Waals surface area contributed by atoms with Crippen molar-refractivity contribution in [1.29, 1.82) is 5.41 Å². The topological polar surface area (TPSA) is 53.2 Å². The molecule has 0 amide bonds. The molecule has 1 aromatic heterocycles. The predicted octanol–water partition coefficient (Wildman–Crippen LogP) is 4.55. The first kappa shape index (κ1) is 17.5. The molecule has 0 fully saturated rings. The van der Waals surface area contributed by atoms with Gasteiger partial charge < -0.3 is 5.32 Å². The van der Waals surface area contributed by atoms with Crippen LogP contribution in [0.5, 0.6) is 0 Å². The molecule has 2 N–H and O–H groups in total. The summed E-state index contributed by atoms with van der Waals surface area (Å²) < 4.78 is 1.80. The summed E-state index contributed by atoms with van der Waals surface area (Å²) in [7, 11) is 0. The van der Waals surface area contributed by atoms with Crippen LogP contribution in [0.1, 0.15) is 10.4 Å². The Morgan fingerprint density at radius 2 is 1.88 bits per heavy atom. The van der Waals surface area contributed by atoms with Gasteiger partial charge in [0.2, 0.25) is 5.96 Å². The van der Waals surface area contributed by atoms with Crippen molar-refractivity contribution < 1.29 is 0 Å². The van der Waals surface area contributed by atoms with Gasteiger partial charge in [0.1, 0.15) is 5.49 Å². The van der Waals surface area contributed by atoms with Crippen LogP contribution in [-0.2, 0) is 6.42 Å². The van der Waals surface area contributed by atoms with E-state index in [0.717, 1.165) is 17.0 Å². The lowest BCUT2D eigenvalue weighted by atomic mass is 10.2. The number of aliphatic imine (C=N–C) groups is 1. The summed E-state index contributed by atoms with van der Waals surface area (Å²) in [6.45, 7) is 2.63. The third-order valence-corrected chi connectivity index (χ3v) is 4.80. The number of hydrogen-bond acceptors (Lipinski definition) is 3. The van der Waals surface area contributed by atoms with E-state index in [1.54, 1.807) is 3.96 Å². The standard InChI is InChI=1S/C19H19ClN4S/c1-14-13-18(21)24(25-14)19(23-17-9-7-16(20)8-10-17)22-12-11-15-5-3-2-4-6-15/h2-10,13,21H,11-12H2,1H3,(H,22,23). The summed E-state index contributed by atoms with van der Waals surface area (Å²) >= 11 is 7.45. The van der Waals surface area contributed by atoms with Crippen LogP contribution in [0.2, 0.25) is 5.02 Å². The van der Waals surface area contributed by atoms with Crippen molar-refractivity contribution in [2.24, 2.45) is 4.99 Å². The maximum Gasteiger partial charge on any atom is 0.218 e. The molecule has 3 rings (SSSR count). The highest BCUT2D eigenvalue weighted by Gasteiger charge is 2.07. The van der Waals surface area contributed by atoms with E-state index in [9.17, 15) is 0 Å². The van der Waals surface area contributed by atoms with Crippen LogP contribution in [0, 0.1) is 12.3 Å². The van der Waals surface area contributed by atoms with Crippen LogP contribution < -0.4 is 10.8 Å². The maximum absolute atomic E-state index is 8.15. The van der Waals surface area contributed by atoms with Crippen LogP contribution in [0.3, 0.4) is 0 Å². The Kier molecular flexibility index (Phi) is 5.68. The van der Waals surface area contributed by atoms with Crippen LogP contribution in [0.25, 0.3) is 0 Å². The molecule has 0 saturated carbocycles. The third-order valence-electron chi connectivity index (χ3n) is 3.59. The van der Waals surface area contributed by atoms with E-state index < -0.39 is 0 Å². The number of aromatic nitrogens is 1. The fourth-order valence-corrected chi connectivity index (χ4v) is 3.30. The van der Waals surface area contributed by atoms with Gasteiger partial charge in [0.25, 0.3) is 0 Å². The first-order valence-electron chi connectivity index (χ1n) is 7.98. The van der Waals surface area contributed by atoms with Crippen molar-refractivity contribution in [3.05, 3.63) is 81.6 Å². The van der Waals surface area contributed by atoms with E-state index >= 15 is 0 Å². The van der Waals surface area contributed by atoms with Crippen molar-refractivity contribution in [1.82, 2.24) is 3.96 Å². The SMILES string of the molecule is Cc1cc(=N)n(C(=NCCc2ccccc2)Nc2ccc(Cl)cc2)s1. The molecule has 4 nitrogen and oxygen atoms in total. The van der Waals surface area contributed by atoms with E-state index in [2.05, 4.69) is 17.4 Å². The summed E-state index contributed by atoms with van der Waals surface area (Å²) in [6.07, 6.45) is 0.852. The zero-order chi connectivity index (χ0) is 17.6. The van der Waals surface area contributed by atoms with E-state index in [4.69, 9.17) is 22.0 Å². The minimum atomic E-state index is 0.419. The molecule has 128 valence electrons. The predicted molar refractivity (Wildman–Crippen MR) is 106 cm³/mol. The van der Waals surface area contributed by atoms with Gasteiger partial charge in [-0.3, -0.25) is 10.4 Å². The Hall–Kier alpha value is -2.37. The first-order chi connectivity index (χ1) is 12.1. The molecule has 1 heterocycles. The third kappa shape index (κ3) is 4.81. The maximum atomic E-state index is 8.15. The van der Waals surface area contributed by atoms with Crippen molar-refractivity contribution >= 4 is 34.8 Å². The molecule has 0 aliphatic carbocycles. The highest BCUT2D eigenvalue weighted by molar-refractivity contribution is 7.07. The molecule has 0 bridgehead atoms. The average Bonchev–Trinajstić information content (AvgIpc) is 2.95. The quantitative estimate of drug-likeness (QED) is 0.513. The molecule has 2 aromatic carbocycles. The monoisotopic (exact) mass is 370 g/mol. The lowest BCUT2D eigenvalue weighted by Crippen LogP contribution is -2.28. The number of aryl methyl sites for hydroxylation is 1. The molecular formula is C19H19ClN4S. The second-order valence-electron chi connectivity index (χ2n) is 5.60. The molecule has 25 heavy (non-hydrogen) atoms. The fourth-order valence-electron chi connectivity index (χ4n) is 2.38. The molecule has 0 saturated heterocycles. The molecule has 3 aromatic rings. The van der Waals surface area contributed by atoms with Gasteiger partial charge >= 0.3 is 0 Å². The highest BCUT2D eigenvalue weighted by atomic mass is 35.5. The lowest BCUT2D eigenvalue weighted by Gasteiger charge is -2.11. The minimum absolute atomic E-state index is 0.419. The van der Waals surface area contributed by atoms with Crippen LogP contribution in [-0.4, -0.2) is 16.5 Å². The van der Waals surface area contributed by atoms with Gasteiger partial charge in [-0.25, -0.2) is 3.96 Å². The Labute approximate surface area is 156 Å². The summed E-state index contributed by atoms with van der Waals surface area (Å²) in [5, 5.41) is 12.1. The Morgan fingerprint density at radius 1 is 1.16 bits per heavy atom. The van der Waals surface area contributed by atoms with Gasteiger partial charge in [-0.2, -0.15) is 0 Å². The number of nitrogens with one attached hydrogen (secondary N) is 2. The van der Waals surface area contributed by atoms with E-state index in [1.807, 2.05) is 55.5 Å². The minimum Gasteiger partial charge on any atom is -0.325 e. The summed E-state index contributed by atoms with van der Waals surface area (Å²) in [5.41, 5.74) is 2.55. The molecule has 0 spiro atoms. The second kappa shape index (κ2) is 8.14. The molecule has 0 aliphatic heterocycles. The normalized spacial score (nSPS) is 11.5. The van der Waals surface area contributed by atoms with Crippen molar-refractivity contribution in [2.45, 2.75) is 13.3 Å². The number of hydrogen-bond donors (Lipinski definition) is 2. The first-order valence-corrected chi connectivity index (χ1v) is 9.13. The van der Waals surface area contributed by atoms with E-state index in [-0.39, 0.29) is 0 Å². The van der Waals surface area contributed by atoms with Crippen molar-refractivity contribution in [2.75, 3.05) is 11.9 Å². The molecule has 0 unspecified atom stereocenters. The smallest absolute Gasteiger partial charge is 0.218 e. The molecule has 0 atom stereocenters. The number of rotatable bonds is 4. The van der Waals surface area contributed by atoms with E-state index in [1.165, 1.54) is 17.1 Å². The van der Waals surface area contributed by atoms with Gasteiger partial charge in [0, 0.05) is 22.1 Å². The zero-order valence-electron chi connectivity index (χ0n) is 13.9. The molecule has 6 heteroatoms. The van der Waals surface area contributed by atoms with E-state index in [0.29, 0.717) is 23.0 Å². The van der Waals surface area contributed by atoms with Gasteiger partial charge in [-0.1, -0.05) is 53.5 Å². The molecular weight excluding hydrogens is 352 g/mol. The Bertz CT molecular complexity index is 911. The van der Waals surface area contributed by atoms with Gasteiger partial charge in [0.15, 0.2) is 0 Å². The summed E-state index contributed by atoms with van der Waals surface area (Å²) in [5.74, 6) is 0.654. The fraction of sp³-hybridized carbons (Fsp3) is 0.158. The highest BCUT2D eigenvalue weighted by Crippen LogP contribution is 2.14. The number of nitrogens with zero attached hydrogens (tertiary/aromatic N) is 2. The zero-order valence-corrected chi connectivity index (χ0v) is 15.4. The van der Waals surface area contributed by atoms with Gasteiger partial charge in [0.05, 0.1) is 0 Å². The number of benzene rings is 2. The van der Waals surface area contributed by atoms with Crippen LogP contribution in [0.4, 0.5) is 5.69 Å². The van der Waals surface area contributed by atoms with Gasteiger partial charge in [-0.05, 0) is 49.2 Å².